The topological polar surface area (TPSA) is 61.4 Å². The van der Waals surface area contributed by atoms with E-state index in [1.54, 1.807) is 0 Å². The Bertz CT molecular complexity index is 3290. The summed E-state index contributed by atoms with van der Waals surface area (Å²) < 4.78 is 4.53. The minimum absolute atomic E-state index is 0.747. The lowest BCUT2D eigenvalue weighted by Gasteiger charge is -2.14. The molecule has 6 aromatic carbocycles. The third-order valence-corrected chi connectivity index (χ3v) is 11.7. The summed E-state index contributed by atoms with van der Waals surface area (Å²) in [6.07, 6.45) is 0. The Labute approximate surface area is 357 Å². The van der Waals surface area contributed by atoms with Gasteiger partial charge in [-0.05, 0) is 95.1 Å². The van der Waals surface area contributed by atoms with Gasteiger partial charge in [0.15, 0.2) is 0 Å². The van der Waals surface area contributed by atoms with Crippen molar-refractivity contribution in [3.63, 3.8) is 0 Å². The van der Waals surface area contributed by atoms with E-state index in [1.807, 2.05) is 48.5 Å². The van der Waals surface area contributed by atoms with Crippen LogP contribution < -0.4 is 0 Å². The minimum Gasteiger partial charge on any atom is -0.294 e. The van der Waals surface area contributed by atoms with E-state index in [2.05, 4.69) is 179 Å². The molecule has 0 spiro atoms. The fourth-order valence-electron chi connectivity index (χ4n) is 8.90. The predicted molar refractivity (Wildman–Crippen MR) is 253 cm³/mol. The fraction of sp³-hybridized carbons (Fsp3) is 0. The smallest absolute Gasteiger partial charge is 0.138 e. The maximum absolute atomic E-state index is 5.36. The largest absolute Gasteiger partial charge is 0.294 e. The van der Waals surface area contributed by atoms with Gasteiger partial charge in [-0.2, -0.15) is 0 Å². The summed E-state index contributed by atoms with van der Waals surface area (Å²) >= 11 is 0. The number of hydrogen-bond donors (Lipinski definition) is 0. The SMILES string of the molecule is c1ccc(-c2cc(-c3cccc(-c4cccc(-c5cc(-c6ccccc6)cc(-n6c7ccccc7c7ccccc76)n5)n4)n3)nc(-n3c4ccccc4c4ccccc43)c2)cc1. The maximum Gasteiger partial charge on any atom is 0.138 e. The molecule has 12 rings (SSSR count). The Balaban J connectivity index is 0.996. The third-order valence-electron chi connectivity index (χ3n) is 11.7. The van der Waals surface area contributed by atoms with E-state index < -0.39 is 0 Å². The van der Waals surface area contributed by atoms with Crippen LogP contribution in [0.5, 0.6) is 0 Å². The van der Waals surface area contributed by atoms with Crippen LogP contribution in [0.1, 0.15) is 0 Å². The number of para-hydroxylation sites is 4. The van der Waals surface area contributed by atoms with Crippen molar-refractivity contribution < 1.29 is 0 Å². The molecule has 0 unspecified atom stereocenters. The first-order valence-electron chi connectivity index (χ1n) is 20.8. The lowest BCUT2D eigenvalue weighted by molar-refractivity contribution is 1.07. The summed E-state index contributed by atoms with van der Waals surface area (Å²) in [5.41, 5.74) is 13.3. The molecule has 0 saturated heterocycles. The van der Waals surface area contributed by atoms with E-state index in [-0.39, 0.29) is 0 Å². The second-order valence-corrected chi connectivity index (χ2v) is 15.5. The van der Waals surface area contributed by atoms with Gasteiger partial charge in [0.2, 0.25) is 0 Å². The van der Waals surface area contributed by atoms with E-state index in [4.69, 9.17) is 19.9 Å². The van der Waals surface area contributed by atoms with Crippen LogP contribution in [0, 0.1) is 0 Å². The van der Waals surface area contributed by atoms with Crippen molar-refractivity contribution in [3.05, 3.63) is 218 Å². The number of fused-ring (bicyclic) bond motifs is 6. The highest BCUT2D eigenvalue weighted by Crippen LogP contribution is 2.37. The fourth-order valence-corrected chi connectivity index (χ4v) is 8.90. The molecule has 0 saturated carbocycles. The molecular weight excluding hydrogens is 757 g/mol. The summed E-state index contributed by atoms with van der Waals surface area (Å²) in [6, 6.07) is 75.9. The molecule has 6 nitrogen and oxygen atoms in total. The molecule has 0 aliphatic rings. The Morgan fingerprint density at radius 2 is 0.532 bits per heavy atom. The van der Waals surface area contributed by atoms with Crippen LogP contribution in [-0.4, -0.2) is 29.1 Å². The number of rotatable bonds is 7. The molecule has 6 heteroatoms. The van der Waals surface area contributed by atoms with Crippen LogP contribution in [0.3, 0.4) is 0 Å². The van der Waals surface area contributed by atoms with Crippen molar-refractivity contribution in [3.8, 4) is 68.1 Å². The van der Waals surface area contributed by atoms with Crippen molar-refractivity contribution in [1.29, 1.82) is 0 Å². The number of hydrogen-bond acceptors (Lipinski definition) is 4. The van der Waals surface area contributed by atoms with Crippen molar-refractivity contribution in [2.45, 2.75) is 0 Å². The summed E-state index contributed by atoms with van der Waals surface area (Å²) in [7, 11) is 0. The van der Waals surface area contributed by atoms with Gasteiger partial charge in [-0.1, -0.05) is 146 Å². The Hall–Kier alpha value is -8.48. The van der Waals surface area contributed by atoms with Gasteiger partial charge in [0.05, 0.1) is 56.2 Å². The molecule has 0 amide bonds. The summed E-state index contributed by atoms with van der Waals surface area (Å²) in [4.78, 5) is 21.2. The average Bonchev–Trinajstić information content (AvgIpc) is 3.88. The standard InChI is InChI=1S/C56H36N6/c1-3-17-37(18-4-1)39-33-49(59-55(35-39)61-51-29-11-7-21-41(51)42-22-8-12-30-52(42)61)47-27-15-25-45(57-47)46-26-16-28-48(58-46)50-34-40(38-19-5-2-6-20-38)36-56(60-50)62-53-31-13-9-23-43(53)44-24-10-14-32-54(44)62/h1-36H. The molecule has 0 fully saturated rings. The first kappa shape index (κ1) is 35.5. The predicted octanol–water partition coefficient (Wildman–Crippen LogP) is 13.8. The number of pyridine rings is 4. The van der Waals surface area contributed by atoms with E-state index in [1.165, 1.54) is 21.5 Å². The molecule has 0 aliphatic carbocycles. The van der Waals surface area contributed by atoms with Gasteiger partial charge in [0.1, 0.15) is 11.6 Å². The van der Waals surface area contributed by atoms with Crippen molar-refractivity contribution >= 4 is 43.6 Å². The van der Waals surface area contributed by atoms with Crippen LogP contribution in [0.25, 0.3) is 112 Å². The lowest BCUT2D eigenvalue weighted by Crippen LogP contribution is -2.01. The summed E-state index contributed by atoms with van der Waals surface area (Å²) in [5, 5.41) is 4.75. The Kier molecular flexibility index (Phi) is 8.38. The van der Waals surface area contributed by atoms with E-state index in [0.717, 1.165) is 90.1 Å². The molecule has 0 bridgehead atoms. The number of aromatic nitrogens is 6. The lowest BCUT2D eigenvalue weighted by atomic mass is 10.0. The van der Waals surface area contributed by atoms with Crippen LogP contribution in [0.15, 0.2) is 218 Å². The van der Waals surface area contributed by atoms with E-state index >= 15 is 0 Å². The van der Waals surface area contributed by atoms with Gasteiger partial charge in [-0.25, -0.2) is 19.9 Å². The van der Waals surface area contributed by atoms with Crippen molar-refractivity contribution in [2.24, 2.45) is 0 Å². The first-order chi connectivity index (χ1) is 30.7. The quantitative estimate of drug-likeness (QED) is 0.161. The average molecular weight is 793 g/mol. The van der Waals surface area contributed by atoms with Gasteiger partial charge < -0.3 is 0 Å². The van der Waals surface area contributed by atoms with Crippen LogP contribution >= 0.6 is 0 Å². The third kappa shape index (κ3) is 6.04. The second kappa shape index (κ2) is 14.7. The first-order valence-corrected chi connectivity index (χ1v) is 20.8. The number of nitrogens with zero attached hydrogens (tertiary/aromatic N) is 6. The highest BCUT2D eigenvalue weighted by molar-refractivity contribution is 6.10. The second-order valence-electron chi connectivity index (χ2n) is 15.5. The molecule has 290 valence electrons. The van der Waals surface area contributed by atoms with E-state index in [0.29, 0.717) is 0 Å². The molecule has 62 heavy (non-hydrogen) atoms. The monoisotopic (exact) mass is 792 g/mol. The van der Waals surface area contributed by atoms with Gasteiger partial charge >= 0.3 is 0 Å². The molecular formula is C56H36N6. The van der Waals surface area contributed by atoms with Crippen molar-refractivity contribution in [2.75, 3.05) is 0 Å². The zero-order chi connectivity index (χ0) is 41.0. The van der Waals surface area contributed by atoms with Gasteiger partial charge in [0, 0.05) is 21.5 Å². The normalized spacial score (nSPS) is 11.5. The highest BCUT2D eigenvalue weighted by atomic mass is 15.1. The molecule has 0 N–H and O–H groups in total. The molecule has 12 aromatic rings. The molecule has 6 aromatic heterocycles. The van der Waals surface area contributed by atoms with Crippen LogP contribution in [0.4, 0.5) is 0 Å². The molecule has 0 radical (unpaired) electrons. The Morgan fingerprint density at radius 3 is 0.887 bits per heavy atom. The molecule has 0 atom stereocenters. The zero-order valence-corrected chi connectivity index (χ0v) is 33.5. The van der Waals surface area contributed by atoms with Gasteiger partial charge in [-0.3, -0.25) is 9.13 Å². The summed E-state index contributed by atoms with van der Waals surface area (Å²) in [5.74, 6) is 1.66. The van der Waals surface area contributed by atoms with Crippen LogP contribution in [-0.2, 0) is 0 Å². The maximum atomic E-state index is 5.36. The van der Waals surface area contributed by atoms with Crippen molar-refractivity contribution in [1.82, 2.24) is 29.1 Å². The highest BCUT2D eigenvalue weighted by Gasteiger charge is 2.18. The van der Waals surface area contributed by atoms with Gasteiger partial charge in [0.25, 0.3) is 0 Å². The van der Waals surface area contributed by atoms with E-state index in [9.17, 15) is 0 Å². The zero-order valence-electron chi connectivity index (χ0n) is 33.5. The minimum atomic E-state index is 0.747. The Morgan fingerprint density at radius 1 is 0.226 bits per heavy atom. The van der Waals surface area contributed by atoms with Gasteiger partial charge in [-0.15, -0.1) is 0 Å². The number of benzene rings is 6. The molecule has 6 heterocycles. The summed E-state index contributed by atoms with van der Waals surface area (Å²) in [6.45, 7) is 0. The molecule has 0 aliphatic heterocycles. The van der Waals surface area contributed by atoms with Crippen LogP contribution in [0.2, 0.25) is 0 Å².